The van der Waals surface area contributed by atoms with Crippen LogP contribution in [-0.2, 0) is 0 Å². The van der Waals surface area contributed by atoms with E-state index in [9.17, 15) is 9.18 Å². The lowest BCUT2D eigenvalue weighted by atomic mass is 10.1. The minimum absolute atomic E-state index is 0.177. The highest BCUT2D eigenvalue weighted by molar-refractivity contribution is 5.93. The van der Waals surface area contributed by atoms with Gasteiger partial charge in [0.15, 0.2) is 23.0 Å². The number of nitrogens with zero attached hydrogens (tertiary/aromatic N) is 3. The van der Waals surface area contributed by atoms with Gasteiger partial charge in [0.25, 0.3) is 5.91 Å². The van der Waals surface area contributed by atoms with E-state index >= 15 is 0 Å². The zero-order chi connectivity index (χ0) is 19.1. The maximum atomic E-state index is 14.2. The van der Waals surface area contributed by atoms with E-state index in [2.05, 4.69) is 10.1 Å². The summed E-state index contributed by atoms with van der Waals surface area (Å²) in [6.45, 7) is 0.699. The lowest BCUT2D eigenvalue weighted by Crippen LogP contribution is -2.31. The molecule has 2 aliphatic heterocycles. The van der Waals surface area contributed by atoms with Crippen LogP contribution in [0.25, 0.3) is 11.3 Å². The molecule has 2 aromatic heterocycles. The van der Waals surface area contributed by atoms with Gasteiger partial charge in [0.1, 0.15) is 5.82 Å². The number of carbonyl (C=O) groups excluding carboxylic acids is 1. The molecule has 1 saturated heterocycles. The van der Waals surface area contributed by atoms with Crippen molar-refractivity contribution in [3.05, 3.63) is 59.8 Å². The van der Waals surface area contributed by atoms with Gasteiger partial charge in [-0.05, 0) is 43.2 Å². The highest BCUT2D eigenvalue weighted by Gasteiger charge is 2.34. The van der Waals surface area contributed by atoms with Crippen molar-refractivity contribution in [2.24, 2.45) is 0 Å². The summed E-state index contributed by atoms with van der Waals surface area (Å²) in [5, 5.41) is 3.93. The number of carbonyl (C=O) groups is 1. The zero-order valence-electron chi connectivity index (χ0n) is 14.8. The van der Waals surface area contributed by atoms with Gasteiger partial charge in [0.05, 0.1) is 11.7 Å². The van der Waals surface area contributed by atoms with Crippen molar-refractivity contribution in [2.45, 2.75) is 18.9 Å². The van der Waals surface area contributed by atoms with Crippen LogP contribution in [0.4, 0.5) is 4.39 Å². The number of likely N-dealkylation sites (tertiary alicyclic amines) is 1. The molecule has 1 amide bonds. The standard InChI is InChI=1S/C20H16FN3O4/c21-13-3-1-7-22-19(13)15-4-2-8-24(15)20(25)14-10-17(28-23-14)12-5-6-16-18(9-12)27-11-26-16/h1,3,5-7,9-10,15H,2,4,8,11H2. The fourth-order valence-corrected chi connectivity index (χ4v) is 3.65. The molecular weight excluding hydrogens is 365 g/mol. The molecule has 3 aromatic rings. The Morgan fingerprint density at radius 3 is 2.96 bits per heavy atom. The van der Waals surface area contributed by atoms with E-state index < -0.39 is 11.9 Å². The molecular formula is C20H16FN3O4. The molecule has 0 saturated carbocycles. The van der Waals surface area contributed by atoms with Crippen molar-refractivity contribution in [3.63, 3.8) is 0 Å². The molecule has 1 unspecified atom stereocenters. The first-order chi connectivity index (χ1) is 13.7. The molecule has 0 bridgehead atoms. The van der Waals surface area contributed by atoms with Crippen molar-refractivity contribution in [3.8, 4) is 22.8 Å². The van der Waals surface area contributed by atoms with E-state index in [4.69, 9.17) is 14.0 Å². The Morgan fingerprint density at radius 2 is 2.07 bits per heavy atom. The number of hydrogen-bond acceptors (Lipinski definition) is 6. The summed E-state index contributed by atoms with van der Waals surface area (Å²) >= 11 is 0. The average Bonchev–Trinajstić information content (AvgIpc) is 3.47. The number of halogens is 1. The van der Waals surface area contributed by atoms with Crippen LogP contribution in [0.2, 0.25) is 0 Å². The summed E-state index contributed by atoms with van der Waals surface area (Å²) in [7, 11) is 0. The van der Waals surface area contributed by atoms with Gasteiger partial charge in [-0.15, -0.1) is 0 Å². The molecule has 0 aliphatic carbocycles. The van der Waals surface area contributed by atoms with Gasteiger partial charge in [0.2, 0.25) is 6.79 Å². The van der Waals surface area contributed by atoms with Crippen LogP contribution in [-0.4, -0.2) is 34.3 Å². The SMILES string of the molecule is O=C(c1cc(-c2ccc3c(c2)OCO3)on1)N1CCCC1c1ncccc1F. The first kappa shape index (κ1) is 16.7. The van der Waals surface area contributed by atoms with Gasteiger partial charge in [-0.3, -0.25) is 9.78 Å². The van der Waals surface area contributed by atoms with Crippen molar-refractivity contribution in [1.29, 1.82) is 0 Å². The van der Waals surface area contributed by atoms with Crippen LogP contribution in [0, 0.1) is 5.82 Å². The van der Waals surface area contributed by atoms with Crippen LogP contribution in [0.15, 0.2) is 47.1 Å². The normalized spacial score (nSPS) is 17.9. The van der Waals surface area contributed by atoms with Crippen molar-refractivity contribution >= 4 is 5.91 Å². The number of ether oxygens (including phenoxy) is 2. The van der Waals surface area contributed by atoms with E-state index in [-0.39, 0.29) is 24.1 Å². The number of pyridine rings is 1. The molecule has 1 aromatic carbocycles. The summed E-state index contributed by atoms with van der Waals surface area (Å²) in [5.41, 5.74) is 1.19. The number of amides is 1. The Balaban J connectivity index is 1.41. The fraction of sp³-hybridized carbons (Fsp3) is 0.250. The van der Waals surface area contributed by atoms with E-state index in [0.29, 0.717) is 30.2 Å². The quantitative estimate of drug-likeness (QED) is 0.690. The highest BCUT2D eigenvalue weighted by atomic mass is 19.1. The van der Waals surface area contributed by atoms with Gasteiger partial charge >= 0.3 is 0 Å². The topological polar surface area (TPSA) is 77.7 Å². The minimum Gasteiger partial charge on any atom is -0.454 e. The maximum Gasteiger partial charge on any atom is 0.276 e. The first-order valence-corrected chi connectivity index (χ1v) is 8.99. The fourth-order valence-electron chi connectivity index (χ4n) is 3.65. The van der Waals surface area contributed by atoms with E-state index in [1.807, 2.05) is 6.07 Å². The Labute approximate surface area is 159 Å². The second-order valence-corrected chi connectivity index (χ2v) is 6.67. The number of aromatic nitrogens is 2. The molecule has 28 heavy (non-hydrogen) atoms. The molecule has 1 fully saturated rings. The van der Waals surface area contributed by atoms with Crippen molar-refractivity contribution in [2.75, 3.05) is 13.3 Å². The third-order valence-corrected chi connectivity index (χ3v) is 5.00. The summed E-state index contributed by atoms with van der Waals surface area (Å²) in [5.74, 6) is 1.02. The third kappa shape index (κ3) is 2.77. The Bertz CT molecular complexity index is 1050. The lowest BCUT2D eigenvalue weighted by Gasteiger charge is -2.23. The van der Waals surface area contributed by atoms with Gasteiger partial charge in [-0.2, -0.15) is 0 Å². The van der Waals surface area contributed by atoms with Gasteiger partial charge in [-0.25, -0.2) is 4.39 Å². The number of fused-ring (bicyclic) bond motifs is 1. The van der Waals surface area contributed by atoms with Crippen LogP contribution in [0.5, 0.6) is 11.5 Å². The molecule has 4 heterocycles. The van der Waals surface area contributed by atoms with Crippen LogP contribution in [0.1, 0.15) is 35.1 Å². The van der Waals surface area contributed by atoms with E-state index in [0.717, 1.165) is 12.0 Å². The predicted octanol–water partition coefficient (Wildman–Crippen LogP) is 3.58. The smallest absolute Gasteiger partial charge is 0.276 e. The minimum atomic E-state index is -0.409. The summed E-state index contributed by atoms with van der Waals surface area (Å²) in [4.78, 5) is 18.7. The van der Waals surface area contributed by atoms with Crippen LogP contribution in [0.3, 0.4) is 0 Å². The second-order valence-electron chi connectivity index (χ2n) is 6.67. The third-order valence-electron chi connectivity index (χ3n) is 5.00. The summed E-state index contributed by atoms with van der Waals surface area (Å²) in [6.07, 6.45) is 2.97. The number of benzene rings is 1. The van der Waals surface area contributed by atoms with Crippen molar-refractivity contribution in [1.82, 2.24) is 15.0 Å². The molecule has 1 atom stereocenters. The molecule has 0 spiro atoms. The molecule has 2 aliphatic rings. The molecule has 5 rings (SSSR count). The molecule has 7 nitrogen and oxygen atoms in total. The Kier molecular flexibility index (Phi) is 3.96. The largest absolute Gasteiger partial charge is 0.454 e. The van der Waals surface area contributed by atoms with Crippen LogP contribution >= 0.6 is 0 Å². The van der Waals surface area contributed by atoms with Gasteiger partial charge < -0.3 is 18.9 Å². The average molecular weight is 381 g/mol. The maximum absolute atomic E-state index is 14.2. The second kappa shape index (κ2) is 6.63. The number of hydrogen-bond donors (Lipinski definition) is 0. The van der Waals surface area contributed by atoms with Crippen LogP contribution < -0.4 is 9.47 Å². The summed E-state index contributed by atoms with van der Waals surface area (Å²) < 4.78 is 30.2. The molecule has 0 N–H and O–H groups in total. The molecule has 0 radical (unpaired) electrons. The monoisotopic (exact) mass is 381 g/mol. The lowest BCUT2D eigenvalue weighted by molar-refractivity contribution is 0.0720. The van der Waals surface area contributed by atoms with Crippen molar-refractivity contribution < 1.29 is 23.2 Å². The first-order valence-electron chi connectivity index (χ1n) is 8.99. The summed E-state index contributed by atoms with van der Waals surface area (Å²) in [6, 6.07) is 9.45. The Morgan fingerprint density at radius 1 is 1.18 bits per heavy atom. The Hall–Kier alpha value is -3.42. The predicted molar refractivity (Wildman–Crippen MR) is 95.3 cm³/mol. The van der Waals surface area contributed by atoms with E-state index in [1.54, 1.807) is 23.1 Å². The zero-order valence-corrected chi connectivity index (χ0v) is 14.8. The van der Waals surface area contributed by atoms with Gasteiger partial charge in [0, 0.05) is 24.4 Å². The molecule has 8 heteroatoms. The number of rotatable bonds is 3. The highest BCUT2D eigenvalue weighted by Crippen LogP contribution is 2.37. The van der Waals surface area contributed by atoms with E-state index in [1.165, 1.54) is 18.3 Å². The molecule has 142 valence electrons. The van der Waals surface area contributed by atoms with Gasteiger partial charge in [-0.1, -0.05) is 5.16 Å².